The number of imide groups is 1. The monoisotopic (exact) mass is 585 g/mol. The fourth-order valence-corrected chi connectivity index (χ4v) is 7.96. The minimum atomic E-state index is -0.138. The van der Waals surface area contributed by atoms with Crippen molar-refractivity contribution in [3.05, 3.63) is 43.0 Å². The lowest BCUT2D eigenvalue weighted by molar-refractivity contribution is 0.0652. The average molecular weight is 587 g/mol. The Morgan fingerprint density at radius 1 is 0.733 bits per heavy atom. The zero-order valence-corrected chi connectivity index (χ0v) is 22.1. The van der Waals surface area contributed by atoms with E-state index in [0.717, 1.165) is 46.3 Å². The van der Waals surface area contributed by atoms with Gasteiger partial charge in [-0.25, -0.2) is 0 Å². The van der Waals surface area contributed by atoms with Crippen molar-refractivity contribution in [3.63, 3.8) is 0 Å². The smallest absolute Gasteiger partial charge is 0.263 e. The summed E-state index contributed by atoms with van der Waals surface area (Å²) in [6, 6.07) is 8.01. The third kappa shape index (κ3) is 4.39. The Morgan fingerprint density at radius 2 is 1.23 bits per heavy atom. The molecule has 0 radical (unpaired) electrons. The van der Waals surface area contributed by atoms with Gasteiger partial charge in [-0.2, -0.15) is 0 Å². The molecule has 30 heavy (non-hydrogen) atoms. The van der Waals surface area contributed by atoms with Crippen molar-refractivity contribution in [3.8, 4) is 19.5 Å². The third-order valence-electron chi connectivity index (χ3n) is 5.16. The molecule has 4 rings (SSSR count). The van der Waals surface area contributed by atoms with Crippen molar-refractivity contribution >= 4 is 77.7 Å². The first-order valence-electron chi connectivity index (χ1n) is 10.1. The van der Waals surface area contributed by atoms with Crippen molar-refractivity contribution in [2.45, 2.75) is 45.4 Å². The van der Waals surface area contributed by atoms with Gasteiger partial charge in [0.25, 0.3) is 11.8 Å². The molecular formula is C22H21Br2NO2S3. The number of hydrogen-bond acceptors (Lipinski definition) is 5. The first-order valence-corrected chi connectivity index (χ1v) is 14.1. The highest BCUT2D eigenvalue weighted by molar-refractivity contribution is 9.11. The lowest BCUT2D eigenvalue weighted by Crippen LogP contribution is -2.31. The Bertz CT molecular complexity index is 1010. The maximum atomic E-state index is 13.3. The summed E-state index contributed by atoms with van der Waals surface area (Å²) in [4.78, 5) is 32.0. The molecule has 0 saturated heterocycles. The lowest BCUT2D eigenvalue weighted by atomic mass is 10.1. The van der Waals surface area contributed by atoms with Crippen LogP contribution in [0.25, 0.3) is 19.5 Å². The quantitative estimate of drug-likeness (QED) is 0.186. The molecule has 1 aliphatic rings. The van der Waals surface area contributed by atoms with Crippen molar-refractivity contribution in [1.82, 2.24) is 4.90 Å². The summed E-state index contributed by atoms with van der Waals surface area (Å²) < 4.78 is 2.03. The Labute approximate surface area is 205 Å². The van der Waals surface area contributed by atoms with Gasteiger partial charge in [0.1, 0.15) is 0 Å². The van der Waals surface area contributed by atoms with E-state index in [1.165, 1.54) is 24.2 Å². The number of amides is 2. The molecule has 2 amide bonds. The number of halogens is 2. The van der Waals surface area contributed by atoms with Gasteiger partial charge < -0.3 is 0 Å². The fraction of sp³-hybridized carbons (Fsp3) is 0.364. The van der Waals surface area contributed by atoms with Crippen LogP contribution in [0.4, 0.5) is 0 Å². The number of thiophene rings is 3. The van der Waals surface area contributed by atoms with E-state index in [1.807, 2.05) is 24.3 Å². The summed E-state index contributed by atoms with van der Waals surface area (Å²) in [6.45, 7) is 2.71. The van der Waals surface area contributed by atoms with E-state index in [2.05, 4.69) is 38.8 Å². The molecule has 0 aliphatic carbocycles. The number of fused-ring (bicyclic) bond motifs is 1. The second kappa shape index (κ2) is 9.77. The third-order valence-corrected chi connectivity index (χ3v) is 9.95. The highest BCUT2D eigenvalue weighted by atomic mass is 79.9. The molecular weight excluding hydrogens is 566 g/mol. The molecule has 0 spiro atoms. The van der Waals surface area contributed by atoms with Gasteiger partial charge in [0.15, 0.2) is 0 Å². The van der Waals surface area contributed by atoms with Crippen LogP contribution >= 0.6 is 65.9 Å². The van der Waals surface area contributed by atoms with Crippen LogP contribution in [-0.4, -0.2) is 23.3 Å². The first-order chi connectivity index (χ1) is 14.5. The molecule has 158 valence electrons. The Balaban J connectivity index is 1.65. The number of rotatable bonds is 9. The summed E-state index contributed by atoms with van der Waals surface area (Å²) in [7, 11) is 0. The van der Waals surface area contributed by atoms with Crippen molar-refractivity contribution < 1.29 is 9.59 Å². The number of nitrogens with zero attached hydrogens (tertiary/aromatic N) is 1. The summed E-state index contributed by atoms with van der Waals surface area (Å²) in [6.07, 6.45) is 6.77. The molecule has 1 aliphatic heterocycles. The summed E-state index contributed by atoms with van der Waals surface area (Å²) in [5, 5.41) is 0. The standard InChI is InChI=1S/C22H21Br2NO2S3/c1-2-3-4-5-6-7-12-25-21(26)17-18(22(25)27)20(14-9-11-16(24)29-14)30-19(17)13-8-10-15(23)28-13/h8-11H,2-7,12H2,1H3. The Hall–Kier alpha value is -0.800. The summed E-state index contributed by atoms with van der Waals surface area (Å²) in [5.74, 6) is -0.276. The number of carbonyl (C=O) groups excluding carboxylic acids is 2. The number of carbonyl (C=O) groups is 2. The van der Waals surface area contributed by atoms with Crippen molar-refractivity contribution in [2.75, 3.05) is 6.54 Å². The number of hydrogen-bond donors (Lipinski definition) is 0. The molecule has 3 nitrogen and oxygen atoms in total. The fourth-order valence-electron chi connectivity index (χ4n) is 3.67. The van der Waals surface area contributed by atoms with Gasteiger partial charge in [0.05, 0.1) is 28.5 Å². The van der Waals surface area contributed by atoms with E-state index in [1.54, 1.807) is 34.0 Å². The van der Waals surface area contributed by atoms with E-state index >= 15 is 0 Å². The first kappa shape index (κ1) is 22.4. The predicted octanol–water partition coefficient (Wildman–Crippen LogP) is 8.69. The van der Waals surface area contributed by atoms with Crippen molar-refractivity contribution in [2.24, 2.45) is 0 Å². The maximum absolute atomic E-state index is 13.3. The van der Waals surface area contributed by atoms with Gasteiger partial charge in [0.2, 0.25) is 0 Å². The minimum absolute atomic E-state index is 0.138. The summed E-state index contributed by atoms with van der Waals surface area (Å²) >= 11 is 11.8. The highest BCUT2D eigenvalue weighted by Gasteiger charge is 2.42. The van der Waals surface area contributed by atoms with Gasteiger partial charge in [-0.3, -0.25) is 14.5 Å². The second-order valence-electron chi connectivity index (χ2n) is 7.25. The van der Waals surface area contributed by atoms with E-state index in [9.17, 15) is 9.59 Å². The summed E-state index contributed by atoms with van der Waals surface area (Å²) in [5.41, 5.74) is 1.18. The molecule has 3 aromatic heterocycles. The minimum Gasteiger partial charge on any atom is -0.274 e. The average Bonchev–Trinajstić information content (AvgIpc) is 3.47. The van der Waals surface area contributed by atoms with Gasteiger partial charge in [-0.15, -0.1) is 34.0 Å². The van der Waals surface area contributed by atoms with Gasteiger partial charge in [0, 0.05) is 16.3 Å². The van der Waals surface area contributed by atoms with Gasteiger partial charge in [-0.05, 0) is 62.5 Å². The molecule has 0 N–H and O–H groups in total. The highest BCUT2D eigenvalue weighted by Crippen LogP contribution is 2.49. The molecule has 0 aromatic carbocycles. The molecule has 8 heteroatoms. The van der Waals surface area contributed by atoms with Crippen LogP contribution in [0.3, 0.4) is 0 Å². The van der Waals surface area contributed by atoms with Crippen LogP contribution in [0.5, 0.6) is 0 Å². The largest absolute Gasteiger partial charge is 0.274 e. The van der Waals surface area contributed by atoms with Crippen LogP contribution in [0.15, 0.2) is 31.8 Å². The lowest BCUT2D eigenvalue weighted by Gasteiger charge is -2.14. The molecule has 4 heterocycles. The SMILES string of the molecule is CCCCCCCCN1C(=O)c2c(-c3ccc(Br)s3)sc(-c3ccc(Br)s3)c2C1=O. The van der Waals surface area contributed by atoms with Crippen LogP contribution in [0.1, 0.15) is 66.2 Å². The second-order valence-corrected chi connectivity index (χ2v) is 13.2. The Kier molecular flexibility index (Phi) is 7.30. The van der Waals surface area contributed by atoms with Gasteiger partial charge >= 0.3 is 0 Å². The molecule has 0 bridgehead atoms. The van der Waals surface area contributed by atoms with E-state index < -0.39 is 0 Å². The van der Waals surface area contributed by atoms with E-state index in [0.29, 0.717) is 17.7 Å². The topological polar surface area (TPSA) is 37.4 Å². The molecule has 0 unspecified atom stereocenters. The number of unbranched alkanes of at least 4 members (excludes halogenated alkanes) is 5. The zero-order valence-electron chi connectivity index (χ0n) is 16.5. The van der Waals surface area contributed by atoms with Crippen LogP contribution in [-0.2, 0) is 0 Å². The maximum Gasteiger partial charge on any atom is 0.263 e. The molecule has 0 atom stereocenters. The molecule has 0 saturated carbocycles. The van der Waals surface area contributed by atoms with Crippen molar-refractivity contribution in [1.29, 1.82) is 0 Å². The van der Waals surface area contributed by atoms with Gasteiger partial charge in [-0.1, -0.05) is 39.0 Å². The zero-order chi connectivity index (χ0) is 21.3. The predicted molar refractivity (Wildman–Crippen MR) is 135 cm³/mol. The van der Waals surface area contributed by atoms with Crippen LogP contribution in [0.2, 0.25) is 0 Å². The molecule has 3 aromatic rings. The molecule has 0 fully saturated rings. The van der Waals surface area contributed by atoms with E-state index in [-0.39, 0.29) is 11.8 Å². The normalized spacial score (nSPS) is 13.5. The van der Waals surface area contributed by atoms with Crippen LogP contribution < -0.4 is 0 Å². The van der Waals surface area contributed by atoms with Crippen LogP contribution in [0, 0.1) is 0 Å². The van der Waals surface area contributed by atoms with E-state index in [4.69, 9.17) is 0 Å². The Morgan fingerprint density at radius 3 is 1.70 bits per heavy atom.